The van der Waals surface area contributed by atoms with Gasteiger partial charge in [-0.05, 0) is 42.7 Å². The summed E-state index contributed by atoms with van der Waals surface area (Å²) in [5.74, 6) is -1.70. The Morgan fingerprint density at radius 1 is 1.08 bits per heavy atom. The molecule has 2 atom stereocenters. The van der Waals surface area contributed by atoms with Crippen LogP contribution in [0.5, 0.6) is 0 Å². The van der Waals surface area contributed by atoms with Gasteiger partial charge in [0.1, 0.15) is 18.5 Å². The van der Waals surface area contributed by atoms with E-state index in [4.69, 9.17) is 16.2 Å². The summed E-state index contributed by atoms with van der Waals surface area (Å²) in [4.78, 5) is 19.1. The number of alkyl halides is 2. The molecule has 0 amide bonds. The van der Waals surface area contributed by atoms with Crippen molar-refractivity contribution in [2.75, 3.05) is 30.4 Å². The first-order chi connectivity index (χ1) is 18.3. The predicted molar refractivity (Wildman–Crippen MR) is 134 cm³/mol. The summed E-state index contributed by atoms with van der Waals surface area (Å²) in [5, 5.41) is 0. The van der Waals surface area contributed by atoms with Crippen LogP contribution in [0, 0.1) is 11.6 Å². The van der Waals surface area contributed by atoms with E-state index in [-0.39, 0.29) is 31.1 Å². The van der Waals surface area contributed by atoms with E-state index in [9.17, 15) is 17.6 Å². The van der Waals surface area contributed by atoms with Crippen LogP contribution < -0.4 is 16.4 Å². The molecule has 0 aliphatic carbocycles. The van der Waals surface area contributed by atoms with Crippen LogP contribution in [0.25, 0.3) is 22.4 Å². The highest BCUT2D eigenvalue weighted by Crippen LogP contribution is 2.32. The van der Waals surface area contributed by atoms with Gasteiger partial charge in [0, 0.05) is 18.2 Å². The van der Waals surface area contributed by atoms with Crippen LogP contribution in [0.3, 0.4) is 0 Å². The summed E-state index contributed by atoms with van der Waals surface area (Å²) < 4.78 is 60.1. The Morgan fingerprint density at radius 2 is 1.92 bits per heavy atom. The molecule has 5 rings (SSSR count). The fourth-order valence-corrected chi connectivity index (χ4v) is 4.76. The van der Waals surface area contributed by atoms with E-state index in [1.165, 1.54) is 12.4 Å². The number of imidazole rings is 1. The Morgan fingerprint density at radius 3 is 2.71 bits per heavy atom. The molecule has 38 heavy (non-hydrogen) atoms. The van der Waals surface area contributed by atoms with Gasteiger partial charge in [0.2, 0.25) is 0 Å². The van der Waals surface area contributed by atoms with Crippen LogP contribution in [0.4, 0.5) is 29.1 Å². The van der Waals surface area contributed by atoms with Gasteiger partial charge in [0.05, 0.1) is 43.1 Å². The number of benzene rings is 1. The van der Waals surface area contributed by atoms with Gasteiger partial charge in [-0.1, -0.05) is 0 Å². The quantitative estimate of drug-likeness (QED) is 0.333. The normalized spacial score (nSPS) is 18.0. The summed E-state index contributed by atoms with van der Waals surface area (Å²) in [5.41, 5.74) is 15.6. The molecule has 13 heteroatoms. The monoisotopic (exact) mass is 530 g/mol. The standard InChI is InChI=1S/C25H26F4N8O/c26-16-4-3-14(6-17(16)27)19-7-15(9-36-13-35-23-24(31)33-12-34-25(23)36)20(8-32-19)37-5-1-2-18(30)21(37)10-38-11-22(28)29/h3-4,6-8,12-13,18,21-22H,1-2,5,9-11,30H2,(H2,31,33,34)/t18-,21-/m1/s1. The number of nitrogens with two attached hydrogens (primary N) is 2. The first-order valence-corrected chi connectivity index (χ1v) is 12.1. The molecule has 200 valence electrons. The number of rotatable bonds is 8. The maximum absolute atomic E-state index is 14.0. The van der Waals surface area contributed by atoms with Gasteiger partial charge in [-0.15, -0.1) is 0 Å². The molecule has 0 spiro atoms. The summed E-state index contributed by atoms with van der Waals surface area (Å²) in [6.45, 7) is 0.222. The second-order valence-corrected chi connectivity index (χ2v) is 9.13. The molecule has 3 aromatic heterocycles. The molecule has 0 radical (unpaired) electrons. The number of piperidine rings is 1. The molecule has 1 aromatic carbocycles. The number of hydrogen-bond donors (Lipinski definition) is 2. The third-order valence-corrected chi connectivity index (χ3v) is 6.62. The molecule has 1 aliphatic rings. The zero-order chi connectivity index (χ0) is 26.8. The average molecular weight is 531 g/mol. The Kier molecular flexibility index (Phi) is 7.38. The Hall–Kier alpha value is -3.84. The zero-order valence-corrected chi connectivity index (χ0v) is 20.3. The number of pyridine rings is 1. The third kappa shape index (κ3) is 5.24. The minimum atomic E-state index is -2.58. The fraction of sp³-hybridized carbons (Fsp3) is 0.360. The summed E-state index contributed by atoms with van der Waals surface area (Å²) in [6, 6.07) is 4.68. The Bertz CT molecular complexity index is 1430. The number of aromatic nitrogens is 5. The molecule has 1 saturated heterocycles. The third-order valence-electron chi connectivity index (χ3n) is 6.62. The number of ether oxygens (including phenoxy) is 1. The molecule has 4 heterocycles. The molecule has 4 aromatic rings. The minimum absolute atomic E-state index is 0.0215. The molecule has 1 aliphatic heterocycles. The van der Waals surface area contributed by atoms with Crippen LogP contribution in [-0.2, 0) is 11.3 Å². The average Bonchev–Trinajstić information content (AvgIpc) is 3.30. The largest absolute Gasteiger partial charge is 0.382 e. The van der Waals surface area contributed by atoms with E-state index in [0.29, 0.717) is 34.7 Å². The Balaban J connectivity index is 1.56. The minimum Gasteiger partial charge on any atom is -0.382 e. The topological polar surface area (TPSA) is 121 Å². The van der Waals surface area contributed by atoms with Crippen molar-refractivity contribution in [3.63, 3.8) is 0 Å². The lowest BCUT2D eigenvalue weighted by Gasteiger charge is -2.42. The van der Waals surface area contributed by atoms with Crippen molar-refractivity contribution >= 4 is 22.7 Å². The van der Waals surface area contributed by atoms with Crippen molar-refractivity contribution in [3.05, 3.63) is 60.3 Å². The second-order valence-electron chi connectivity index (χ2n) is 9.13. The maximum atomic E-state index is 14.0. The van der Waals surface area contributed by atoms with Gasteiger partial charge < -0.3 is 25.7 Å². The highest BCUT2D eigenvalue weighted by molar-refractivity contribution is 5.81. The van der Waals surface area contributed by atoms with E-state index in [0.717, 1.165) is 30.5 Å². The van der Waals surface area contributed by atoms with Crippen molar-refractivity contribution in [1.29, 1.82) is 0 Å². The van der Waals surface area contributed by atoms with Gasteiger partial charge in [0.15, 0.2) is 23.1 Å². The van der Waals surface area contributed by atoms with Crippen molar-refractivity contribution in [2.45, 2.75) is 37.9 Å². The van der Waals surface area contributed by atoms with Crippen molar-refractivity contribution in [3.8, 4) is 11.3 Å². The fourth-order valence-electron chi connectivity index (χ4n) is 4.76. The summed E-state index contributed by atoms with van der Waals surface area (Å²) in [6.07, 6.45) is 3.48. The number of fused-ring (bicyclic) bond motifs is 1. The number of nitrogen functional groups attached to an aromatic ring is 1. The molecule has 4 N–H and O–H groups in total. The number of anilines is 2. The van der Waals surface area contributed by atoms with Crippen LogP contribution in [0.1, 0.15) is 18.4 Å². The lowest BCUT2D eigenvalue weighted by Crippen LogP contribution is -2.55. The molecule has 0 unspecified atom stereocenters. The summed E-state index contributed by atoms with van der Waals surface area (Å²) >= 11 is 0. The van der Waals surface area contributed by atoms with Crippen molar-refractivity contribution in [1.82, 2.24) is 24.5 Å². The lowest BCUT2D eigenvalue weighted by atomic mass is 9.95. The smallest absolute Gasteiger partial charge is 0.261 e. The zero-order valence-electron chi connectivity index (χ0n) is 20.3. The molecular weight excluding hydrogens is 504 g/mol. The first kappa shape index (κ1) is 25.8. The van der Waals surface area contributed by atoms with E-state index >= 15 is 0 Å². The van der Waals surface area contributed by atoms with Crippen LogP contribution in [-0.4, -0.2) is 62.8 Å². The molecule has 1 fully saturated rings. The molecule has 0 bridgehead atoms. The van der Waals surface area contributed by atoms with Gasteiger partial charge in [0.25, 0.3) is 6.43 Å². The van der Waals surface area contributed by atoms with Crippen LogP contribution in [0.2, 0.25) is 0 Å². The van der Waals surface area contributed by atoms with Crippen molar-refractivity contribution in [2.24, 2.45) is 5.73 Å². The maximum Gasteiger partial charge on any atom is 0.261 e. The first-order valence-electron chi connectivity index (χ1n) is 12.1. The predicted octanol–water partition coefficient (Wildman–Crippen LogP) is 3.37. The van der Waals surface area contributed by atoms with Crippen molar-refractivity contribution < 1.29 is 22.3 Å². The van der Waals surface area contributed by atoms with Crippen LogP contribution >= 0.6 is 0 Å². The van der Waals surface area contributed by atoms with Gasteiger partial charge in [-0.3, -0.25) is 4.98 Å². The molecule has 0 saturated carbocycles. The Labute approximate surface area is 215 Å². The molecular formula is C25H26F4N8O. The number of nitrogens with zero attached hydrogens (tertiary/aromatic N) is 6. The summed E-state index contributed by atoms with van der Waals surface area (Å²) in [7, 11) is 0. The lowest BCUT2D eigenvalue weighted by molar-refractivity contribution is 0.00837. The van der Waals surface area contributed by atoms with E-state index < -0.39 is 24.7 Å². The SMILES string of the molecule is Nc1ncnc2c1ncn2Cc1cc(-c2ccc(F)c(F)c2)ncc1N1CCC[C@@H](N)[C@H]1COCC(F)F. The highest BCUT2D eigenvalue weighted by atomic mass is 19.3. The van der Waals surface area contributed by atoms with E-state index in [1.54, 1.807) is 23.2 Å². The van der Waals surface area contributed by atoms with E-state index in [2.05, 4.69) is 19.9 Å². The van der Waals surface area contributed by atoms with E-state index in [1.807, 2.05) is 4.90 Å². The molecule has 9 nitrogen and oxygen atoms in total. The van der Waals surface area contributed by atoms with Crippen LogP contribution in [0.15, 0.2) is 43.1 Å². The number of halogens is 4. The van der Waals surface area contributed by atoms with Gasteiger partial charge >= 0.3 is 0 Å². The van der Waals surface area contributed by atoms with Gasteiger partial charge in [-0.2, -0.15) is 0 Å². The van der Waals surface area contributed by atoms with Gasteiger partial charge in [-0.25, -0.2) is 32.5 Å². The second kappa shape index (κ2) is 10.9. The number of hydrogen-bond acceptors (Lipinski definition) is 8. The highest BCUT2D eigenvalue weighted by Gasteiger charge is 2.31.